The zero-order chi connectivity index (χ0) is 49.3. The molecular weight excluding hydrogens is 959 g/mol. The summed E-state index contributed by atoms with van der Waals surface area (Å²) >= 11 is -1.93. The topological polar surface area (TPSA) is 43.9 Å². The largest absolute Gasteiger partial charge is 0 e. The van der Waals surface area contributed by atoms with E-state index in [2.05, 4.69) is 46.5 Å². The van der Waals surface area contributed by atoms with Gasteiger partial charge < -0.3 is 8.98 Å². The summed E-state index contributed by atoms with van der Waals surface area (Å²) in [4.78, 5) is 9.52. The maximum Gasteiger partial charge on any atom is 0 e. The second-order valence-electron chi connectivity index (χ2n) is 16.0. The molecule has 6 heteroatoms. The summed E-state index contributed by atoms with van der Waals surface area (Å²) in [6, 6.07) is 41.7. The molecule has 4 nitrogen and oxygen atoms in total. The third kappa shape index (κ3) is 8.52. The number of imidazole rings is 1. The molecule has 6 aromatic carbocycles. The van der Waals surface area contributed by atoms with Crippen molar-refractivity contribution in [2.24, 2.45) is 0 Å². The van der Waals surface area contributed by atoms with Gasteiger partial charge in [0.1, 0.15) is 5.58 Å². The van der Waals surface area contributed by atoms with Crippen molar-refractivity contribution in [1.82, 2.24) is 14.5 Å². The van der Waals surface area contributed by atoms with Gasteiger partial charge in [-0.2, -0.15) is 0 Å². The molecule has 0 bridgehead atoms. The van der Waals surface area contributed by atoms with Crippen LogP contribution in [0.4, 0.5) is 0 Å². The summed E-state index contributed by atoms with van der Waals surface area (Å²) in [5, 5.41) is 1.62. The molecule has 299 valence electrons. The van der Waals surface area contributed by atoms with Crippen molar-refractivity contribution in [1.29, 1.82) is 0 Å². The van der Waals surface area contributed by atoms with Crippen LogP contribution in [0.3, 0.4) is 0 Å². The molecule has 9 rings (SSSR count). The maximum atomic E-state index is 9.37. The average Bonchev–Trinajstić information content (AvgIpc) is 3.83. The standard InChI is InChI=1S/C38H33N2O.C15H18GeN.Ir/c1-23(2)31-21-27(26-12-7-6-8-13-26)22-32(24(3)4)36(31)40-34-17-10-9-16-33(34)39-38(40)30-15-11-14-29-28-19-18-25(5)20-35(28)41-37(29)30;1-12-5-7-13(8-6-12)15-10-9-14(11-17-15)16(2,3)4;/h6-14,16-24H,1-5H3;5-7,9-11H,1-4H3;/q2*-1;/i5D3,23D,24D;1D3,5D,6D;. The van der Waals surface area contributed by atoms with Gasteiger partial charge in [0.05, 0.1) is 22.4 Å². The molecule has 0 N–H and O–H groups in total. The van der Waals surface area contributed by atoms with E-state index in [9.17, 15) is 2.74 Å². The van der Waals surface area contributed by atoms with Gasteiger partial charge >= 0.3 is 113 Å². The molecule has 0 aliphatic heterocycles. The zero-order valence-electron chi connectivity index (χ0n) is 44.1. The van der Waals surface area contributed by atoms with E-state index in [0.29, 0.717) is 33.8 Å². The van der Waals surface area contributed by atoms with Crippen molar-refractivity contribution in [3.8, 4) is 39.5 Å². The molecule has 3 aromatic heterocycles. The second-order valence-corrected chi connectivity index (χ2v) is 26.6. The Morgan fingerprint density at radius 1 is 0.763 bits per heavy atom. The van der Waals surface area contributed by atoms with Gasteiger partial charge in [0.25, 0.3) is 0 Å². The number of hydrogen-bond donors (Lipinski definition) is 0. The minimum atomic E-state index is -2.47. The van der Waals surface area contributed by atoms with Crippen LogP contribution in [0, 0.1) is 25.8 Å². The van der Waals surface area contributed by atoms with E-state index in [1.54, 1.807) is 18.2 Å². The summed E-state index contributed by atoms with van der Waals surface area (Å²) in [6.07, 6.45) is 1.84. The quantitative estimate of drug-likeness (QED) is 0.118. The fraction of sp³-hybridized carbons (Fsp3) is 0.208. The van der Waals surface area contributed by atoms with E-state index < -0.39 is 38.8 Å². The van der Waals surface area contributed by atoms with E-state index in [1.807, 2.05) is 117 Å². The van der Waals surface area contributed by atoms with Crippen LogP contribution in [0.5, 0.6) is 0 Å². The number of hydrogen-bond acceptors (Lipinski definition) is 3. The van der Waals surface area contributed by atoms with Gasteiger partial charge in [0, 0.05) is 38.0 Å². The predicted octanol–water partition coefficient (Wildman–Crippen LogP) is 14.0. The van der Waals surface area contributed by atoms with Crippen LogP contribution < -0.4 is 4.40 Å². The number of pyridine rings is 1. The van der Waals surface area contributed by atoms with E-state index in [1.165, 1.54) is 10.5 Å². The molecule has 0 fully saturated rings. The van der Waals surface area contributed by atoms with Gasteiger partial charge in [-0.25, -0.2) is 0 Å². The molecule has 0 aliphatic carbocycles. The molecule has 0 unspecified atom stereocenters. The minimum absolute atomic E-state index is 0. The van der Waals surface area contributed by atoms with Crippen molar-refractivity contribution in [3.05, 3.63) is 168 Å². The third-order valence-electron chi connectivity index (χ3n) is 10.3. The molecule has 0 amide bonds. The maximum absolute atomic E-state index is 9.37. The van der Waals surface area contributed by atoms with Crippen LogP contribution in [0.15, 0.2) is 138 Å². The van der Waals surface area contributed by atoms with E-state index in [0.717, 1.165) is 49.7 Å². The van der Waals surface area contributed by atoms with E-state index in [4.69, 9.17) is 20.4 Å². The third-order valence-corrected chi connectivity index (χ3v) is 14.6. The first kappa shape index (κ1) is 30.9. The molecule has 59 heavy (non-hydrogen) atoms. The summed E-state index contributed by atoms with van der Waals surface area (Å²) in [6.45, 7) is 2.74. The van der Waals surface area contributed by atoms with Crippen LogP contribution in [0.2, 0.25) is 17.3 Å². The number of rotatable bonds is 7. The number of nitrogens with zero attached hydrogens (tertiary/aromatic N) is 3. The second kappa shape index (κ2) is 17.3. The molecular formula is C53H51GeIrN3O-2. The molecule has 0 saturated carbocycles. The number of aryl methyl sites for hydroxylation is 1. The molecule has 0 aliphatic rings. The fourth-order valence-electron chi connectivity index (χ4n) is 7.24. The molecule has 9 aromatic rings. The van der Waals surface area contributed by atoms with Crippen molar-refractivity contribution in [3.63, 3.8) is 0 Å². The van der Waals surface area contributed by atoms with Crippen LogP contribution in [-0.2, 0) is 20.1 Å². The van der Waals surface area contributed by atoms with Crippen LogP contribution >= 0.6 is 0 Å². The Kier molecular flexibility index (Phi) is 9.04. The van der Waals surface area contributed by atoms with Crippen molar-refractivity contribution < 1.29 is 38.2 Å². The molecule has 0 saturated heterocycles. The van der Waals surface area contributed by atoms with Gasteiger partial charge in [0.2, 0.25) is 0 Å². The van der Waals surface area contributed by atoms with Crippen molar-refractivity contribution in [2.75, 3.05) is 0 Å². The molecule has 0 atom stereocenters. The predicted molar refractivity (Wildman–Crippen MR) is 247 cm³/mol. The Hall–Kier alpha value is -5.07. The minimum Gasteiger partial charge on any atom is 0 e. The molecule has 1 radical (unpaired) electrons. The van der Waals surface area contributed by atoms with Gasteiger partial charge in [-0.05, 0) is 76.8 Å². The smallest absolute Gasteiger partial charge is 0 e. The Morgan fingerprint density at radius 3 is 2.15 bits per heavy atom. The number of aromatic nitrogens is 3. The Morgan fingerprint density at radius 2 is 1.49 bits per heavy atom. The summed E-state index contributed by atoms with van der Waals surface area (Å²) in [5.74, 6) is 5.31. The van der Waals surface area contributed by atoms with Gasteiger partial charge in [-0.1, -0.05) is 93.2 Å². The summed E-state index contributed by atoms with van der Waals surface area (Å²) < 4.78 is 90.1. The zero-order valence-corrected chi connectivity index (χ0v) is 38.6. The molecule has 0 spiro atoms. The fourth-order valence-corrected chi connectivity index (χ4v) is 9.42. The van der Waals surface area contributed by atoms with Gasteiger partial charge in [-0.3, -0.25) is 4.98 Å². The normalized spacial score (nSPS) is 14.9. The number of fused-ring (bicyclic) bond motifs is 4. The van der Waals surface area contributed by atoms with Gasteiger partial charge in [0.15, 0.2) is 0 Å². The summed E-state index contributed by atoms with van der Waals surface area (Å²) in [5.41, 5.74) is 8.42. The SMILES string of the molecule is [2H]C([2H])([2H])c1ccc2c(c1)oc1c(-c3nc4ccccc4n3-c3c(C([2H])(C)C)cc(-c4ccccc4)cc3C([2H])(C)C)[c-]ccc12.[2H]c1[c-]c(-c2cc[c]([Ge]([CH3])([CH3])[CH3])cn2)cc([2H])c1C([2H])([2H])[2H].[Ir]. The van der Waals surface area contributed by atoms with Crippen molar-refractivity contribution in [2.45, 2.75) is 70.5 Å². The van der Waals surface area contributed by atoms with Crippen LogP contribution in [0.25, 0.3) is 72.4 Å². The number of para-hydroxylation sites is 2. The van der Waals surface area contributed by atoms with Gasteiger partial charge in [-0.15, -0.1) is 18.2 Å². The van der Waals surface area contributed by atoms with Crippen LogP contribution in [0.1, 0.15) is 75.4 Å². The van der Waals surface area contributed by atoms with E-state index >= 15 is 0 Å². The van der Waals surface area contributed by atoms with Crippen molar-refractivity contribution >= 4 is 50.6 Å². The monoisotopic (exact) mass is 1020 g/mol. The molecule has 3 heterocycles. The number of furan rings is 1. The first-order valence-electron chi connectivity index (χ1n) is 24.3. The first-order chi connectivity index (χ1) is 31.7. The summed E-state index contributed by atoms with van der Waals surface area (Å²) in [7, 11) is 0. The number of benzene rings is 6. The Labute approximate surface area is 379 Å². The Balaban J connectivity index is 0.000000258. The van der Waals surface area contributed by atoms with E-state index in [-0.39, 0.29) is 43.3 Å². The van der Waals surface area contributed by atoms with Crippen LogP contribution in [-0.4, -0.2) is 27.8 Å². The Bertz CT molecular complexity index is 3280. The average molecular weight is 1020 g/mol. The first-order valence-corrected chi connectivity index (χ1v) is 26.7.